The Hall–Kier alpha value is -1.44. The summed E-state index contributed by atoms with van der Waals surface area (Å²) in [6.45, 7) is 4.45. The SMILES string of the molecule is N#Cc1cc(CNCC2CCN(C3CC3)C2)ccn1. The van der Waals surface area contributed by atoms with E-state index in [2.05, 4.69) is 21.3 Å². The van der Waals surface area contributed by atoms with Crippen molar-refractivity contribution in [1.29, 1.82) is 5.26 Å². The lowest BCUT2D eigenvalue weighted by Crippen LogP contribution is -2.27. The van der Waals surface area contributed by atoms with Crippen LogP contribution in [-0.4, -0.2) is 35.6 Å². The lowest BCUT2D eigenvalue weighted by atomic mass is 10.1. The molecule has 1 aliphatic heterocycles. The van der Waals surface area contributed by atoms with Crippen LogP contribution in [0.3, 0.4) is 0 Å². The Bertz CT molecular complexity index is 475. The first kappa shape index (κ1) is 12.6. The normalized spacial score (nSPS) is 23.4. The minimum atomic E-state index is 0.500. The molecule has 1 aromatic rings. The van der Waals surface area contributed by atoms with Crippen LogP contribution < -0.4 is 5.32 Å². The number of nitrogens with one attached hydrogen (secondary N) is 1. The van der Waals surface area contributed by atoms with Crippen molar-refractivity contribution < 1.29 is 0 Å². The average Bonchev–Trinajstić information content (AvgIpc) is 3.19. The number of pyridine rings is 1. The number of rotatable bonds is 5. The molecule has 1 aliphatic carbocycles. The van der Waals surface area contributed by atoms with Crippen LogP contribution in [-0.2, 0) is 6.54 Å². The molecule has 0 aromatic carbocycles. The lowest BCUT2D eigenvalue weighted by molar-refractivity contribution is 0.312. The zero-order valence-corrected chi connectivity index (χ0v) is 11.2. The molecule has 0 amide bonds. The third-order valence-corrected chi connectivity index (χ3v) is 4.08. The molecule has 1 aromatic heterocycles. The van der Waals surface area contributed by atoms with Gasteiger partial charge in [0.25, 0.3) is 0 Å². The summed E-state index contributed by atoms with van der Waals surface area (Å²) in [5.41, 5.74) is 1.64. The largest absolute Gasteiger partial charge is 0.312 e. The van der Waals surface area contributed by atoms with E-state index in [0.29, 0.717) is 5.69 Å². The quantitative estimate of drug-likeness (QED) is 0.868. The van der Waals surface area contributed by atoms with Crippen LogP contribution in [0.25, 0.3) is 0 Å². The molecular formula is C15H20N4. The molecule has 0 radical (unpaired) electrons. The molecule has 3 rings (SSSR count). The third kappa shape index (κ3) is 3.31. The Morgan fingerprint density at radius 3 is 3.11 bits per heavy atom. The highest BCUT2D eigenvalue weighted by atomic mass is 15.2. The van der Waals surface area contributed by atoms with Crippen molar-refractivity contribution in [2.24, 2.45) is 5.92 Å². The Morgan fingerprint density at radius 1 is 1.42 bits per heavy atom. The van der Waals surface area contributed by atoms with E-state index >= 15 is 0 Å². The molecule has 1 N–H and O–H groups in total. The van der Waals surface area contributed by atoms with Crippen LogP contribution in [0.1, 0.15) is 30.5 Å². The van der Waals surface area contributed by atoms with Gasteiger partial charge in [0.2, 0.25) is 0 Å². The summed E-state index contributed by atoms with van der Waals surface area (Å²) in [5.74, 6) is 0.790. The van der Waals surface area contributed by atoms with Crippen LogP contribution in [0, 0.1) is 17.2 Å². The minimum absolute atomic E-state index is 0.500. The van der Waals surface area contributed by atoms with Gasteiger partial charge in [-0.05, 0) is 56.0 Å². The van der Waals surface area contributed by atoms with Crippen LogP contribution in [0.2, 0.25) is 0 Å². The van der Waals surface area contributed by atoms with Gasteiger partial charge in [0.15, 0.2) is 0 Å². The molecule has 1 saturated carbocycles. The highest BCUT2D eigenvalue weighted by molar-refractivity contribution is 5.25. The van der Waals surface area contributed by atoms with E-state index in [9.17, 15) is 0 Å². The number of hydrogen-bond acceptors (Lipinski definition) is 4. The molecule has 0 spiro atoms. The van der Waals surface area contributed by atoms with E-state index in [1.54, 1.807) is 6.20 Å². The highest BCUT2D eigenvalue weighted by Gasteiger charge is 2.33. The predicted molar refractivity (Wildman–Crippen MR) is 73.4 cm³/mol. The van der Waals surface area contributed by atoms with Crippen LogP contribution in [0.15, 0.2) is 18.3 Å². The van der Waals surface area contributed by atoms with Gasteiger partial charge in [-0.3, -0.25) is 0 Å². The smallest absolute Gasteiger partial charge is 0.140 e. The van der Waals surface area contributed by atoms with Crippen molar-refractivity contribution in [2.45, 2.75) is 31.8 Å². The maximum Gasteiger partial charge on any atom is 0.140 e. The van der Waals surface area contributed by atoms with Crippen LogP contribution in [0.5, 0.6) is 0 Å². The van der Waals surface area contributed by atoms with Crippen molar-refractivity contribution in [3.63, 3.8) is 0 Å². The highest BCUT2D eigenvalue weighted by Crippen LogP contribution is 2.31. The predicted octanol–water partition coefficient (Wildman–Crippen LogP) is 1.53. The minimum Gasteiger partial charge on any atom is -0.312 e. The summed E-state index contributed by atoms with van der Waals surface area (Å²) in [6, 6.07) is 6.81. The van der Waals surface area contributed by atoms with Gasteiger partial charge < -0.3 is 10.2 Å². The monoisotopic (exact) mass is 256 g/mol. The van der Waals surface area contributed by atoms with Gasteiger partial charge in [-0.1, -0.05) is 0 Å². The number of hydrogen-bond donors (Lipinski definition) is 1. The van der Waals surface area contributed by atoms with Crippen molar-refractivity contribution >= 4 is 0 Å². The molecular weight excluding hydrogens is 236 g/mol. The Kier molecular flexibility index (Phi) is 3.77. The molecule has 0 bridgehead atoms. The molecule has 2 heterocycles. The fourth-order valence-electron chi connectivity index (χ4n) is 2.87. The van der Waals surface area contributed by atoms with Gasteiger partial charge in [0.1, 0.15) is 11.8 Å². The molecule has 1 saturated heterocycles. The molecule has 2 fully saturated rings. The molecule has 19 heavy (non-hydrogen) atoms. The van der Waals surface area contributed by atoms with Crippen molar-refractivity contribution in [2.75, 3.05) is 19.6 Å². The van der Waals surface area contributed by atoms with E-state index < -0.39 is 0 Å². The van der Waals surface area contributed by atoms with Gasteiger partial charge in [0.05, 0.1) is 0 Å². The fourth-order valence-corrected chi connectivity index (χ4v) is 2.87. The maximum absolute atomic E-state index is 8.81. The standard InChI is InChI=1S/C15H20N4/c16-8-14-7-12(3-5-18-14)9-17-10-13-4-6-19(11-13)15-1-2-15/h3,5,7,13,15,17H,1-2,4,6,9-11H2. The lowest BCUT2D eigenvalue weighted by Gasteiger charge is -2.15. The van der Waals surface area contributed by atoms with Gasteiger partial charge in [-0.25, -0.2) is 4.98 Å². The number of likely N-dealkylation sites (tertiary alicyclic amines) is 1. The zero-order valence-electron chi connectivity index (χ0n) is 11.2. The summed E-state index contributed by atoms with van der Waals surface area (Å²) in [4.78, 5) is 6.63. The van der Waals surface area contributed by atoms with Crippen LogP contribution in [0.4, 0.5) is 0 Å². The van der Waals surface area contributed by atoms with E-state index in [0.717, 1.165) is 30.6 Å². The summed E-state index contributed by atoms with van der Waals surface area (Å²) in [6.07, 6.45) is 5.85. The van der Waals surface area contributed by atoms with Gasteiger partial charge in [0, 0.05) is 25.3 Å². The van der Waals surface area contributed by atoms with Crippen molar-refractivity contribution in [1.82, 2.24) is 15.2 Å². The number of aromatic nitrogens is 1. The molecule has 1 atom stereocenters. The van der Waals surface area contributed by atoms with E-state index in [4.69, 9.17) is 5.26 Å². The van der Waals surface area contributed by atoms with E-state index in [1.807, 2.05) is 12.1 Å². The number of nitriles is 1. The number of nitrogens with zero attached hydrogens (tertiary/aromatic N) is 3. The Morgan fingerprint density at radius 2 is 2.32 bits per heavy atom. The third-order valence-electron chi connectivity index (χ3n) is 4.08. The second kappa shape index (κ2) is 5.68. The first-order valence-electron chi connectivity index (χ1n) is 7.15. The summed E-state index contributed by atoms with van der Waals surface area (Å²) >= 11 is 0. The van der Waals surface area contributed by atoms with Crippen LogP contribution >= 0.6 is 0 Å². The molecule has 2 aliphatic rings. The van der Waals surface area contributed by atoms with E-state index in [1.165, 1.54) is 32.4 Å². The molecule has 4 heteroatoms. The zero-order chi connectivity index (χ0) is 13.1. The fraction of sp³-hybridized carbons (Fsp3) is 0.600. The second-order valence-electron chi connectivity index (χ2n) is 5.67. The summed E-state index contributed by atoms with van der Waals surface area (Å²) in [5, 5.41) is 12.3. The van der Waals surface area contributed by atoms with Gasteiger partial charge in [-0.2, -0.15) is 5.26 Å². The topological polar surface area (TPSA) is 52.0 Å². The van der Waals surface area contributed by atoms with Gasteiger partial charge >= 0.3 is 0 Å². The molecule has 100 valence electrons. The first-order chi connectivity index (χ1) is 9.35. The second-order valence-corrected chi connectivity index (χ2v) is 5.67. The van der Waals surface area contributed by atoms with Crippen molar-refractivity contribution in [3.8, 4) is 6.07 Å². The maximum atomic E-state index is 8.81. The first-order valence-corrected chi connectivity index (χ1v) is 7.15. The van der Waals surface area contributed by atoms with Crippen molar-refractivity contribution in [3.05, 3.63) is 29.6 Å². The summed E-state index contributed by atoms with van der Waals surface area (Å²) < 4.78 is 0. The summed E-state index contributed by atoms with van der Waals surface area (Å²) in [7, 11) is 0. The average molecular weight is 256 g/mol. The Balaban J connectivity index is 1.42. The Labute approximate surface area is 114 Å². The molecule has 4 nitrogen and oxygen atoms in total. The molecule has 1 unspecified atom stereocenters. The van der Waals surface area contributed by atoms with Gasteiger partial charge in [-0.15, -0.1) is 0 Å². The van der Waals surface area contributed by atoms with E-state index in [-0.39, 0.29) is 0 Å².